The largest absolute Gasteiger partial charge is 0.392 e. The number of hydrogen-bond donors (Lipinski definition) is 3. The van der Waals surface area contributed by atoms with Gasteiger partial charge in [0.2, 0.25) is 0 Å². The lowest BCUT2D eigenvalue weighted by Gasteiger charge is -2.42. The minimum absolute atomic E-state index is 0.00546. The zero-order chi connectivity index (χ0) is 25.8. The standard InChI is InChI=1S/C30H34N2O5/c1-20-27(18-32-15-14-26(34)17-32)36-30(37-28(20)22-12-10-21(19-33)11-13-22)24-8-5-9-25(16-24)31-29(35)23-6-3-2-4-7-23/h2-13,16,20,26-28,30,33-34H,14-15,17-19H2,1H3,(H,31,35)/t20-,26-,27+,28+,30+/m0/s1. The van der Waals surface area contributed by atoms with E-state index in [0.717, 1.165) is 29.7 Å². The molecule has 1 amide bonds. The molecule has 3 aromatic carbocycles. The van der Waals surface area contributed by atoms with Gasteiger partial charge in [-0.05, 0) is 41.8 Å². The van der Waals surface area contributed by atoms with Crippen molar-refractivity contribution < 1.29 is 24.5 Å². The van der Waals surface area contributed by atoms with Crippen molar-refractivity contribution in [2.75, 3.05) is 25.0 Å². The fraction of sp³-hybridized carbons (Fsp3) is 0.367. The molecule has 0 aliphatic carbocycles. The summed E-state index contributed by atoms with van der Waals surface area (Å²) in [4.78, 5) is 14.9. The number of benzene rings is 3. The van der Waals surface area contributed by atoms with Crippen molar-refractivity contribution in [1.29, 1.82) is 0 Å². The molecule has 194 valence electrons. The molecule has 0 spiro atoms. The number of nitrogens with zero attached hydrogens (tertiary/aromatic N) is 1. The summed E-state index contributed by atoms with van der Waals surface area (Å²) in [6, 6.07) is 24.5. The third kappa shape index (κ3) is 6.09. The second kappa shape index (κ2) is 11.5. The molecule has 37 heavy (non-hydrogen) atoms. The molecule has 0 bridgehead atoms. The Morgan fingerprint density at radius 2 is 1.78 bits per heavy atom. The quantitative estimate of drug-likeness (QED) is 0.447. The van der Waals surface area contributed by atoms with Gasteiger partial charge in [0.25, 0.3) is 5.91 Å². The van der Waals surface area contributed by atoms with Crippen LogP contribution in [0.2, 0.25) is 0 Å². The smallest absolute Gasteiger partial charge is 0.255 e. The van der Waals surface area contributed by atoms with E-state index in [1.54, 1.807) is 12.1 Å². The number of nitrogens with one attached hydrogen (secondary N) is 1. The molecular weight excluding hydrogens is 468 g/mol. The second-order valence-corrected chi connectivity index (χ2v) is 9.97. The summed E-state index contributed by atoms with van der Waals surface area (Å²) in [7, 11) is 0. The van der Waals surface area contributed by atoms with Gasteiger partial charge in [0.15, 0.2) is 6.29 Å². The molecule has 5 atom stereocenters. The Labute approximate surface area is 217 Å². The zero-order valence-electron chi connectivity index (χ0n) is 21.0. The first-order chi connectivity index (χ1) is 18.0. The molecule has 7 heteroatoms. The summed E-state index contributed by atoms with van der Waals surface area (Å²) in [5.74, 6) is -0.112. The van der Waals surface area contributed by atoms with Gasteiger partial charge in [-0.3, -0.25) is 9.69 Å². The summed E-state index contributed by atoms with van der Waals surface area (Å²) in [6.45, 7) is 4.32. The van der Waals surface area contributed by atoms with Crippen LogP contribution in [0.4, 0.5) is 5.69 Å². The van der Waals surface area contributed by atoms with Crippen LogP contribution in [-0.2, 0) is 16.1 Å². The van der Waals surface area contributed by atoms with Gasteiger partial charge in [0.05, 0.1) is 24.9 Å². The van der Waals surface area contributed by atoms with Gasteiger partial charge in [-0.15, -0.1) is 0 Å². The molecule has 3 aromatic rings. The number of carbonyl (C=O) groups excluding carboxylic acids is 1. The Balaban J connectivity index is 1.38. The second-order valence-electron chi connectivity index (χ2n) is 9.97. The molecule has 0 aromatic heterocycles. The van der Waals surface area contributed by atoms with E-state index in [-0.39, 0.29) is 36.7 Å². The highest BCUT2D eigenvalue weighted by Gasteiger charge is 2.40. The summed E-state index contributed by atoms with van der Waals surface area (Å²) in [5, 5.41) is 22.5. The Bertz CT molecular complexity index is 1190. The number of carbonyl (C=O) groups is 1. The number of aliphatic hydroxyl groups is 2. The number of anilines is 1. The molecule has 7 nitrogen and oxygen atoms in total. The van der Waals surface area contributed by atoms with Crippen LogP contribution >= 0.6 is 0 Å². The first kappa shape index (κ1) is 25.6. The van der Waals surface area contributed by atoms with Gasteiger partial charge in [-0.1, -0.05) is 61.5 Å². The van der Waals surface area contributed by atoms with Crippen molar-refractivity contribution in [3.05, 3.63) is 101 Å². The van der Waals surface area contributed by atoms with Gasteiger partial charge in [-0.2, -0.15) is 0 Å². The molecule has 2 saturated heterocycles. The molecule has 2 heterocycles. The van der Waals surface area contributed by atoms with E-state index >= 15 is 0 Å². The van der Waals surface area contributed by atoms with Crippen LogP contribution in [0.1, 0.15) is 52.8 Å². The summed E-state index contributed by atoms with van der Waals surface area (Å²) < 4.78 is 13.1. The minimum atomic E-state index is -0.621. The van der Waals surface area contributed by atoms with Crippen molar-refractivity contribution in [2.45, 2.75) is 44.6 Å². The topological polar surface area (TPSA) is 91.3 Å². The lowest BCUT2D eigenvalue weighted by Crippen LogP contribution is -2.44. The van der Waals surface area contributed by atoms with E-state index in [1.807, 2.05) is 66.7 Å². The lowest BCUT2D eigenvalue weighted by atomic mass is 9.90. The zero-order valence-corrected chi connectivity index (χ0v) is 21.0. The number of aliphatic hydroxyl groups excluding tert-OH is 2. The summed E-state index contributed by atoms with van der Waals surface area (Å²) >= 11 is 0. The van der Waals surface area contributed by atoms with E-state index in [9.17, 15) is 15.0 Å². The fourth-order valence-corrected chi connectivity index (χ4v) is 5.12. The first-order valence-corrected chi connectivity index (χ1v) is 12.9. The van der Waals surface area contributed by atoms with Crippen LogP contribution in [0.15, 0.2) is 78.9 Å². The number of β-amino-alcohol motifs (C(OH)–C–C–N with tert-alkyl or cyclic N) is 1. The number of likely N-dealkylation sites (tertiary alicyclic amines) is 1. The highest BCUT2D eigenvalue weighted by atomic mass is 16.7. The molecule has 3 N–H and O–H groups in total. The first-order valence-electron chi connectivity index (χ1n) is 12.9. The lowest BCUT2D eigenvalue weighted by molar-refractivity contribution is -0.276. The normalized spacial score (nSPS) is 26.2. The summed E-state index contributed by atoms with van der Waals surface area (Å²) in [6.07, 6.45) is -0.473. The average molecular weight is 503 g/mol. The Morgan fingerprint density at radius 3 is 2.49 bits per heavy atom. The van der Waals surface area contributed by atoms with E-state index in [2.05, 4.69) is 17.1 Å². The van der Waals surface area contributed by atoms with Crippen LogP contribution in [0.3, 0.4) is 0 Å². The van der Waals surface area contributed by atoms with Gasteiger partial charge >= 0.3 is 0 Å². The van der Waals surface area contributed by atoms with E-state index in [1.165, 1.54) is 0 Å². The van der Waals surface area contributed by atoms with Gasteiger partial charge in [-0.25, -0.2) is 0 Å². The Hall–Kier alpha value is -3.07. The van der Waals surface area contributed by atoms with Crippen LogP contribution in [0, 0.1) is 5.92 Å². The molecule has 2 aliphatic rings. The van der Waals surface area contributed by atoms with Crippen molar-refractivity contribution in [3.63, 3.8) is 0 Å². The van der Waals surface area contributed by atoms with Crippen LogP contribution < -0.4 is 5.32 Å². The number of ether oxygens (including phenoxy) is 2. The molecule has 0 unspecified atom stereocenters. The van der Waals surface area contributed by atoms with Gasteiger partial charge < -0.3 is 25.0 Å². The maximum absolute atomic E-state index is 12.7. The summed E-state index contributed by atoms with van der Waals surface area (Å²) in [5.41, 5.74) is 3.95. The molecule has 5 rings (SSSR count). The van der Waals surface area contributed by atoms with E-state index in [4.69, 9.17) is 9.47 Å². The minimum Gasteiger partial charge on any atom is -0.392 e. The number of rotatable bonds is 7. The number of hydrogen-bond acceptors (Lipinski definition) is 6. The van der Waals surface area contributed by atoms with Gasteiger partial charge in [0, 0.05) is 42.4 Å². The van der Waals surface area contributed by atoms with Crippen molar-refractivity contribution in [3.8, 4) is 0 Å². The van der Waals surface area contributed by atoms with Crippen molar-refractivity contribution in [2.24, 2.45) is 5.92 Å². The van der Waals surface area contributed by atoms with Crippen LogP contribution in [0.5, 0.6) is 0 Å². The molecule has 2 fully saturated rings. The van der Waals surface area contributed by atoms with Crippen LogP contribution in [-0.4, -0.2) is 52.9 Å². The molecular formula is C30H34N2O5. The monoisotopic (exact) mass is 502 g/mol. The highest BCUT2D eigenvalue weighted by Crippen LogP contribution is 2.42. The SMILES string of the molecule is C[C@H]1[C@@H](CN2CC[C@H](O)C2)O[C@@H](c2cccc(NC(=O)c3ccccc3)c2)O[C@H]1c1ccc(CO)cc1. The van der Waals surface area contributed by atoms with E-state index < -0.39 is 6.29 Å². The highest BCUT2D eigenvalue weighted by molar-refractivity contribution is 6.04. The van der Waals surface area contributed by atoms with Crippen molar-refractivity contribution >= 4 is 11.6 Å². The molecule has 0 saturated carbocycles. The van der Waals surface area contributed by atoms with Gasteiger partial charge in [0.1, 0.15) is 0 Å². The third-order valence-electron chi connectivity index (χ3n) is 7.26. The van der Waals surface area contributed by atoms with Crippen LogP contribution in [0.25, 0.3) is 0 Å². The Kier molecular flexibility index (Phi) is 7.98. The average Bonchev–Trinajstić information content (AvgIpc) is 3.35. The molecule has 2 aliphatic heterocycles. The third-order valence-corrected chi connectivity index (χ3v) is 7.26. The Morgan fingerprint density at radius 1 is 1.00 bits per heavy atom. The predicted molar refractivity (Wildman–Crippen MR) is 141 cm³/mol. The predicted octanol–water partition coefficient (Wildman–Crippen LogP) is 4.29. The van der Waals surface area contributed by atoms with E-state index in [0.29, 0.717) is 24.3 Å². The maximum atomic E-state index is 12.7. The molecule has 0 radical (unpaired) electrons. The van der Waals surface area contributed by atoms with Crippen molar-refractivity contribution in [1.82, 2.24) is 4.90 Å². The maximum Gasteiger partial charge on any atom is 0.255 e. The number of amides is 1. The fourth-order valence-electron chi connectivity index (χ4n) is 5.12.